The van der Waals surface area contributed by atoms with Crippen LogP contribution >= 0.6 is 45.8 Å². The van der Waals surface area contributed by atoms with Crippen LogP contribution < -0.4 is 0 Å². The topological polar surface area (TPSA) is 40.5 Å². The van der Waals surface area contributed by atoms with Gasteiger partial charge in [-0.05, 0) is 41.1 Å². The molecule has 18 heavy (non-hydrogen) atoms. The van der Waals surface area contributed by atoms with Crippen molar-refractivity contribution >= 4 is 51.7 Å². The van der Waals surface area contributed by atoms with Gasteiger partial charge >= 0.3 is 0 Å². The van der Waals surface area contributed by atoms with Gasteiger partial charge in [0.2, 0.25) is 0 Å². The smallest absolute Gasteiger partial charge is 0.255 e. The summed E-state index contributed by atoms with van der Waals surface area (Å²) in [5, 5.41) is 9.89. The van der Waals surface area contributed by atoms with Gasteiger partial charge in [0.25, 0.3) is 5.91 Å². The van der Waals surface area contributed by atoms with Crippen LogP contribution in [0.2, 0.25) is 10.0 Å². The number of aliphatic hydroxyl groups is 1. The van der Waals surface area contributed by atoms with Gasteiger partial charge in [0.1, 0.15) is 0 Å². The van der Waals surface area contributed by atoms with Crippen molar-refractivity contribution in [1.29, 1.82) is 0 Å². The number of carbonyl (C=O) groups is 1. The third-order valence-electron chi connectivity index (χ3n) is 2.37. The Morgan fingerprint density at radius 2 is 2.06 bits per heavy atom. The number of rotatable bonds is 5. The van der Waals surface area contributed by atoms with Crippen molar-refractivity contribution in [2.75, 3.05) is 19.7 Å². The molecule has 3 nitrogen and oxygen atoms in total. The number of hydrogen-bond acceptors (Lipinski definition) is 2. The first-order chi connectivity index (χ1) is 8.51. The number of aliphatic hydroxyl groups excluding tert-OH is 1. The average molecular weight is 402 g/mol. The van der Waals surface area contributed by atoms with E-state index in [0.717, 1.165) is 6.42 Å². The van der Waals surface area contributed by atoms with E-state index < -0.39 is 0 Å². The van der Waals surface area contributed by atoms with Gasteiger partial charge in [0.15, 0.2) is 0 Å². The monoisotopic (exact) mass is 401 g/mol. The SMILES string of the molecule is CCCN(CCO)C(=O)c1cc(Cl)cc(Cl)c1I. The van der Waals surface area contributed by atoms with Crippen molar-refractivity contribution in [3.63, 3.8) is 0 Å². The molecule has 0 heterocycles. The van der Waals surface area contributed by atoms with Crippen LogP contribution in [-0.4, -0.2) is 35.6 Å². The normalized spacial score (nSPS) is 10.5. The van der Waals surface area contributed by atoms with Gasteiger partial charge in [-0.3, -0.25) is 4.79 Å². The average Bonchev–Trinajstić information content (AvgIpc) is 2.32. The number of hydrogen-bond donors (Lipinski definition) is 1. The van der Waals surface area contributed by atoms with Crippen molar-refractivity contribution in [3.8, 4) is 0 Å². The van der Waals surface area contributed by atoms with Crippen molar-refractivity contribution in [1.82, 2.24) is 4.90 Å². The van der Waals surface area contributed by atoms with Gasteiger partial charge in [-0.25, -0.2) is 0 Å². The molecular weight excluding hydrogens is 388 g/mol. The molecule has 0 saturated carbocycles. The Morgan fingerprint density at radius 1 is 1.39 bits per heavy atom. The van der Waals surface area contributed by atoms with Gasteiger partial charge in [-0.2, -0.15) is 0 Å². The maximum Gasteiger partial charge on any atom is 0.255 e. The second kappa shape index (κ2) is 7.53. The highest BCUT2D eigenvalue weighted by Gasteiger charge is 2.19. The second-order valence-corrected chi connectivity index (χ2v) is 5.69. The molecule has 6 heteroatoms. The maximum absolute atomic E-state index is 12.3. The van der Waals surface area contributed by atoms with Crippen LogP contribution in [0.15, 0.2) is 12.1 Å². The molecule has 1 N–H and O–H groups in total. The highest BCUT2D eigenvalue weighted by molar-refractivity contribution is 14.1. The van der Waals surface area contributed by atoms with Crippen LogP contribution in [0, 0.1) is 3.57 Å². The Labute approximate surface area is 130 Å². The highest BCUT2D eigenvalue weighted by atomic mass is 127. The van der Waals surface area contributed by atoms with Gasteiger partial charge < -0.3 is 10.0 Å². The molecule has 0 bridgehead atoms. The summed E-state index contributed by atoms with van der Waals surface area (Å²) in [5.41, 5.74) is 0.481. The first kappa shape index (κ1) is 16.0. The molecule has 0 unspecified atom stereocenters. The van der Waals surface area contributed by atoms with Crippen molar-refractivity contribution in [3.05, 3.63) is 31.3 Å². The van der Waals surface area contributed by atoms with Crippen LogP contribution in [0.5, 0.6) is 0 Å². The fraction of sp³-hybridized carbons (Fsp3) is 0.417. The Kier molecular flexibility index (Phi) is 6.70. The van der Waals surface area contributed by atoms with E-state index in [9.17, 15) is 4.79 Å². The van der Waals surface area contributed by atoms with Gasteiger partial charge in [0, 0.05) is 21.7 Å². The Bertz CT molecular complexity index is 434. The molecule has 1 aromatic rings. The molecule has 0 aliphatic heterocycles. The Hall–Kier alpha value is -0.0400. The molecule has 0 aliphatic rings. The first-order valence-corrected chi connectivity index (χ1v) is 7.39. The fourth-order valence-electron chi connectivity index (χ4n) is 1.59. The summed E-state index contributed by atoms with van der Waals surface area (Å²) < 4.78 is 0.683. The summed E-state index contributed by atoms with van der Waals surface area (Å²) in [6.45, 7) is 2.83. The Morgan fingerprint density at radius 3 is 2.61 bits per heavy atom. The zero-order valence-corrected chi connectivity index (χ0v) is 13.6. The van der Waals surface area contributed by atoms with E-state index in [2.05, 4.69) is 0 Å². The number of carbonyl (C=O) groups excluding carboxylic acids is 1. The number of halogens is 3. The maximum atomic E-state index is 12.3. The quantitative estimate of drug-likeness (QED) is 0.606. The summed E-state index contributed by atoms with van der Waals surface area (Å²) in [7, 11) is 0. The molecule has 0 spiro atoms. The van der Waals surface area contributed by atoms with Gasteiger partial charge in [-0.15, -0.1) is 0 Å². The largest absolute Gasteiger partial charge is 0.395 e. The summed E-state index contributed by atoms with van der Waals surface area (Å²) >= 11 is 14.0. The predicted molar refractivity (Wildman–Crippen MR) is 82.5 cm³/mol. The Balaban J connectivity index is 3.07. The third kappa shape index (κ3) is 3.98. The first-order valence-electron chi connectivity index (χ1n) is 5.56. The van der Waals surface area contributed by atoms with Crippen molar-refractivity contribution < 1.29 is 9.90 Å². The molecule has 0 saturated heterocycles. The molecule has 1 rings (SSSR count). The van der Waals surface area contributed by atoms with Crippen molar-refractivity contribution in [2.45, 2.75) is 13.3 Å². The molecule has 0 atom stereocenters. The molecule has 0 aromatic heterocycles. The fourth-order valence-corrected chi connectivity index (χ4v) is 2.62. The van der Waals surface area contributed by atoms with E-state index in [1.165, 1.54) is 0 Å². The zero-order valence-electron chi connectivity index (χ0n) is 9.92. The molecular formula is C12H14Cl2INO2. The van der Waals surface area contributed by atoms with Crippen LogP contribution in [0.1, 0.15) is 23.7 Å². The van der Waals surface area contributed by atoms with Crippen LogP contribution in [0.3, 0.4) is 0 Å². The van der Waals surface area contributed by atoms with E-state index in [-0.39, 0.29) is 12.5 Å². The van der Waals surface area contributed by atoms with Crippen molar-refractivity contribution in [2.24, 2.45) is 0 Å². The summed E-state index contributed by atoms with van der Waals surface area (Å²) in [4.78, 5) is 13.9. The lowest BCUT2D eigenvalue weighted by molar-refractivity contribution is 0.0721. The lowest BCUT2D eigenvalue weighted by Crippen LogP contribution is -2.34. The van der Waals surface area contributed by atoms with E-state index in [1.807, 2.05) is 29.5 Å². The van der Waals surface area contributed by atoms with Crippen LogP contribution in [0.4, 0.5) is 0 Å². The van der Waals surface area contributed by atoms with Crippen LogP contribution in [0.25, 0.3) is 0 Å². The number of nitrogens with zero attached hydrogens (tertiary/aromatic N) is 1. The lowest BCUT2D eigenvalue weighted by atomic mass is 10.2. The lowest BCUT2D eigenvalue weighted by Gasteiger charge is -2.22. The molecule has 100 valence electrons. The highest BCUT2D eigenvalue weighted by Crippen LogP contribution is 2.27. The molecule has 0 aliphatic carbocycles. The predicted octanol–water partition coefficient (Wildman–Crippen LogP) is 3.44. The van der Waals surface area contributed by atoms with E-state index in [0.29, 0.717) is 32.3 Å². The molecule has 1 aromatic carbocycles. The second-order valence-electron chi connectivity index (χ2n) is 3.76. The molecule has 1 amide bonds. The number of benzene rings is 1. The summed E-state index contributed by atoms with van der Waals surface area (Å²) in [6.07, 6.45) is 0.830. The summed E-state index contributed by atoms with van der Waals surface area (Å²) in [6, 6.07) is 3.22. The van der Waals surface area contributed by atoms with E-state index >= 15 is 0 Å². The minimum absolute atomic E-state index is 0.0589. The zero-order chi connectivity index (χ0) is 13.7. The van der Waals surface area contributed by atoms with Gasteiger partial charge in [-0.1, -0.05) is 30.1 Å². The minimum Gasteiger partial charge on any atom is -0.395 e. The van der Waals surface area contributed by atoms with E-state index in [1.54, 1.807) is 17.0 Å². The van der Waals surface area contributed by atoms with Gasteiger partial charge in [0.05, 0.1) is 17.2 Å². The minimum atomic E-state index is -0.153. The van der Waals surface area contributed by atoms with E-state index in [4.69, 9.17) is 28.3 Å². The molecule has 0 fully saturated rings. The summed E-state index contributed by atoms with van der Waals surface area (Å²) in [5.74, 6) is -0.153. The number of amides is 1. The van der Waals surface area contributed by atoms with Crippen LogP contribution in [-0.2, 0) is 0 Å². The molecule has 0 radical (unpaired) electrons. The standard InChI is InChI=1S/C12H14Cl2INO2/c1-2-3-16(4-5-17)12(18)9-6-8(13)7-10(14)11(9)15/h6-7,17H,2-5H2,1H3. The third-order valence-corrected chi connectivity index (χ3v) is 4.37.